The first-order chi connectivity index (χ1) is 7.80. The molecule has 0 aliphatic heterocycles. The number of hydrogen-bond donors (Lipinski definition) is 0. The van der Waals surface area contributed by atoms with Gasteiger partial charge in [0.05, 0.1) is 18.8 Å². The van der Waals surface area contributed by atoms with Crippen molar-refractivity contribution in [3.8, 4) is 0 Å². The SMILES string of the molecule is [CH2]COCCOC12CC3CC(CC(C3)C1)C2. The van der Waals surface area contributed by atoms with Crippen molar-refractivity contribution in [3.05, 3.63) is 6.92 Å². The molecule has 16 heavy (non-hydrogen) atoms. The van der Waals surface area contributed by atoms with E-state index in [2.05, 4.69) is 6.92 Å². The third-order valence-electron chi connectivity index (χ3n) is 4.76. The zero-order valence-electron chi connectivity index (χ0n) is 10.1. The van der Waals surface area contributed by atoms with Crippen LogP contribution in [-0.4, -0.2) is 25.4 Å². The Morgan fingerprint density at radius 3 is 2.00 bits per heavy atom. The lowest BCUT2D eigenvalue weighted by molar-refractivity contribution is -0.168. The second-order valence-electron chi connectivity index (χ2n) is 6.06. The van der Waals surface area contributed by atoms with E-state index in [9.17, 15) is 0 Å². The summed E-state index contributed by atoms with van der Waals surface area (Å²) in [6.07, 6.45) is 8.42. The summed E-state index contributed by atoms with van der Waals surface area (Å²) in [7, 11) is 0. The first-order valence-corrected chi connectivity index (χ1v) is 6.81. The van der Waals surface area contributed by atoms with Gasteiger partial charge >= 0.3 is 0 Å². The third-order valence-corrected chi connectivity index (χ3v) is 4.76. The highest BCUT2D eigenvalue weighted by Crippen LogP contribution is 2.56. The monoisotopic (exact) mass is 223 g/mol. The van der Waals surface area contributed by atoms with Crippen molar-refractivity contribution in [2.24, 2.45) is 17.8 Å². The molecule has 91 valence electrons. The van der Waals surface area contributed by atoms with Gasteiger partial charge in [0, 0.05) is 6.61 Å². The van der Waals surface area contributed by atoms with E-state index in [4.69, 9.17) is 9.47 Å². The molecule has 4 rings (SSSR count). The molecule has 0 aromatic carbocycles. The molecular weight excluding hydrogens is 200 g/mol. The van der Waals surface area contributed by atoms with Gasteiger partial charge in [0.1, 0.15) is 0 Å². The molecule has 0 N–H and O–H groups in total. The van der Waals surface area contributed by atoms with Gasteiger partial charge in [-0.2, -0.15) is 0 Å². The zero-order chi connectivity index (χ0) is 11.0. The Labute approximate surface area is 98.7 Å². The first kappa shape index (κ1) is 11.0. The van der Waals surface area contributed by atoms with Crippen molar-refractivity contribution >= 4 is 0 Å². The molecule has 2 heteroatoms. The molecule has 4 aliphatic rings. The molecule has 0 atom stereocenters. The maximum absolute atomic E-state index is 6.19. The summed E-state index contributed by atoms with van der Waals surface area (Å²) in [5.41, 5.74) is 0.249. The second-order valence-corrected chi connectivity index (χ2v) is 6.06. The fourth-order valence-electron chi connectivity index (χ4n) is 4.63. The smallest absolute Gasteiger partial charge is 0.0708 e. The van der Waals surface area contributed by atoms with Crippen molar-refractivity contribution in [2.45, 2.75) is 44.1 Å². The predicted molar refractivity (Wildman–Crippen MR) is 63.0 cm³/mol. The number of rotatable bonds is 5. The van der Waals surface area contributed by atoms with Crippen LogP contribution in [-0.2, 0) is 9.47 Å². The Balaban J connectivity index is 1.56. The summed E-state index contributed by atoms with van der Waals surface area (Å²) in [4.78, 5) is 0. The zero-order valence-corrected chi connectivity index (χ0v) is 10.1. The Bertz CT molecular complexity index is 214. The molecule has 4 saturated carbocycles. The summed E-state index contributed by atoms with van der Waals surface area (Å²) in [6, 6.07) is 0. The fourth-order valence-corrected chi connectivity index (χ4v) is 4.63. The first-order valence-electron chi connectivity index (χ1n) is 6.81. The standard InChI is InChI=1S/C14H23O2/c1-2-15-3-4-16-14-8-11-5-12(9-14)7-13(6-11)10-14/h11-13H,1-10H2. The Kier molecular flexibility index (Phi) is 2.97. The van der Waals surface area contributed by atoms with Crippen LogP contribution in [0, 0.1) is 24.7 Å². The van der Waals surface area contributed by atoms with Gasteiger partial charge in [0.25, 0.3) is 0 Å². The van der Waals surface area contributed by atoms with Crippen LogP contribution in [0.5, 0.6) is 0 Å². The van der Waals surface area contributed by atoms with Crippen LogP contribution in [0.2, 0.25) is 0 Å². The van der Waals surface area contributed by atoms with Crippen molar-refractivity contribution < 1.29 is 9.47 Å². The minimum atomic E-state index is 0.249. The third kappa shape index (κ3) is 2.02. The van der Waals surface area contributed by atoms with Gasteiger partial charge in [-0.3, -0.25) is 0 Å². The summed E-state index contributed by atoms with van der Waals surface area (Å²) in [5.74, 6) is 2.92. The van der Waals surface area contributed by atoms with Gasteiger partial charge in [0.2, 0.25) is 0 Å². The van der Waals surface area contributed by atoms with E-state index >= 15 is 0 Å². The lowest BCUT2D eigenvalue weighted by Gasteiger charge is -2.56. The van der Waals surface area contributed by atoms with E-state index in [0.29, 0.717) is 13.2 Å². The minimum absolute atomic E-state index is 0.249. The van der Waals surface area contributed by atoms with E-state index < -0.39 is 0 Å². The van der Waals surface area contributed by atoms with E-state index in [1.807, 2.05) is 0 Å². The Hall–Kier alpha value is -0.0800. The average molecular weight is 223 g/mol. The average Bonchev–Trinajstić information content (AvgIpc) is 2.22. The normalized spacial score (nSPS) is 45.2. The van der Waals surface area contributed by atoms with Crippen LogP contribution in [0.4, 0.5) is 0 Å². The highest BCUT2D eigenvalue weighted by molar-refractivity contribution is 5.03. The molecule has 1 radical (unpaired) electrons. The van der Waals surface area contributed by atoms with Crippen molar-refractivity contribution in [1.82, 2.24) is 0 Å². The van der Waals surface area contributed by atoms with E-state index in [1.54, 1.807) is 0 Å². The molecule has 0 heterocycles. The van der Waals surface area contributed by atoms with Crippen LogP contribution in [0.3, 0.4) is 0 Å². The maximum atomic E-state index is 6.19. The number of ether oxygens (including phenoxy) is 2. The number of hydrogen-bond acceptors (Lipinski definition) is 2. The maximum Gasteiger partial charge on any atom is 0.0708 e. The van der Waals surface area contributed by atoms with Crippen LogP contribution in [0.15, 0.2) is 0 Å². The topological polar surface area (TPSA) is 18.5 Å². The minimum Gasteiger partial charge on any atom is -0.379 e. The lowest BCUT2D eigenvalue weighted by Crippen LogP contribution is -2.52. The van der Waals surface area contributed by atoms with E-state index in [1.165, 1.54) is 38.5 Å². The van der Waals surface area contributed by atoms with Gasteiger partial charge in [-0.05, 0) is 63.2 Å². The molecule has 0 amide bonds. The quantitative estimate of drug-likeness (QED) is 0.667. The van der Waals surface area contributed by atoms with Gasteiger partial charge in [-0.25, -0.2) is 0 Å². The molecule has 0 unspecified atom stereocenters. The summed E-state index contributed by atoms with van der Waals surface area (Å²) < 4.78 is 11.5. The highest BCUT2D eigenvalue weighted by atomic mass is 16.5. The Morgan fingerprint density at radius 1 is 0.938 bits per heavy atom. The van der Waals surface area contributed by atoms with Crippen molar-refractivity contribution in [3.63, 3.8) is 0 Å². The molecule has 2 nitrogen and oxygen atoms in total. The molecule has 0 spiro atoms. The van der Waals surface area contributed by atoms with Gasteiger partial charge in [-0.1, -0.05) is 0 Å². The molecular formula is C14H23O2. The predicted octanol–water partition coefficient (Wildman–Crippen LogP) is 2.82. The molecule has 4 aliphatic carbocycles. The highest BCUT2D eigenvalue weighted by Gasteiger charge is 2.51. The van der Waals surface area contributed by atoms with Crippen molar-refractivity contribution in [2.75, 3.05) is 19.8 Å². The van der Waals surface area contributed by atoms with Crippen LogP contribution >= 0.6 is 0 Å². The molecule has 4 fully saturated rings. The van der Waals surface area contributed by atoms with E-state index in [-0.39, 0.29) is 5.60 Å². The summed E-state index contributed by atoms with van der Waals surface area (Å²) in [6.45, 7) is 5.71. The largest absolute Gasteiger partial charge is 0.379 e. The molecule has 4 bridgehead atoms. The van der Waals surface area contributed by atoms with Crippen LogP contribution in [0.1, 0.15) is 38.5 Å². The Morgan fingerprint density at radius 2 is 1.50 bits per heavy atom. The summed E-state index contributed by atoms with van der Waals surface area (Å²) in [5, 5.41) is 0. The fraction of sp³-hybridized carbons (Fsp3) is 0.929. The summed E-state index contributed by atoms with van der Waals surface area (Å²) >= 11 is 0. The molecule has 0 aromatic heterocycles. The van der Waals surface area contributed by atoms with E-state index in [0.717, 1.165) is 24.4 Å². The van der Waals surface area contributed by atoms with Crippen LogP contribution < -0.4 is 0 Å². The van der Waals surface area contributed by atoms with Crippen molar-refractivity contribution in [1.29, 1.82) is 0 Å². The lowest BCUT2D eigenvalue weighted by atomic mass is 9.54. The van der Waals surface area contributed by atoms with Gasteiger partial charge in [0.15, 0.2) is 0 Å². The molecule has 0 saturated heterocycles. The molecule has 0 aromatic rings. The van der Waals surface area contributed by atoms with Crippen LogP contribution in [0.25, 0.3) is 0 Å². The second kappa shape index (κ2) is 4.30. The van der Waals surface area contributed by atoms with Gasteiger partial charge in [-0.15, -0.1) is 0 Å². The van der Waals surface area contributed by atoms with Gasteiger partial charge < -0.3 is 9.47 Å².